The molecule has 0 spiro atoms. The van der Waals surface area contributed by atoms with Gasteiger partial charge in [-0.3, -0.25) is 14.5 Å². The first-order valence-electron chi connectivity index (χ1n) is 11.9. The Morgan fingerprint density at radius 3 is 2.57 bits per heavy atom. The van der Waals surface area contributed by atoms with E-state index in [1.165, 1.54) is 6.20 Å². The van der Waals surface area contributed by atoms with Crippen LogP contribution in [0.15, 0.2) is 48.9 Å². The molecule has 0 atom stereocenters. The quantitative estimate of drug-likeness (QED) is 0.294. The summed E-state index contributed by atoms with van der Waals surface area (Å²) in [6.07, 6.45) is 7.08. The van der Waals surface area contributed by atoms with E-state index in [9.17, 15) is 4.79 Å². The van der Waals surface area contributed by atoms with Crippen LogP contribution >= 0.6 is 0 Å². The highest BCUT2D eigenvalue weighted by Crippen LogP contribution is 2.37. The summed E-state index contributed by atoms with van der Waals surface area (Å²) in [5, 5.41) is 11.0. The number of carbonyl (C=O) groups is 1. The zero-order chi connectivity index (χ0) is 25.8. The van der Waals surface area contributed by atoms with Crippen molar-refractivity contribution >= 4 is 22.6 Å². The van der Waals surface area contributed by atoms with Crippen molar-refractivity contribution in [2.45, 2.75) is 18.9 Å². The third-order valence-corrected chi connectivity index (χ3v) is 5.86. The van der Waals surface area contributed by atoms with Gasteiger partial charge < -0.3 is 29.6 Å². The van der Waals surface area contributed by atoms with Gasteiger partial charge in [0.05, 0.1) is 38.2 Å². The molecule has 0 saturated heterocycles. The number of aromatic nitrogens is 4. The van der Waals surface area contributed by atoms with E-state index in [-0.39, 0.29) is 11.6 Å². The minimum absolute atomic E-state index is 0.234. The molecule has 37 heavy (non-hydrogen) atoms. The van der Waals surface area contributed by atoms with Gasteiger partial charge >= 0.3 is 0 Å². The molecule has 0 unspecified atom stereocenters. The number of methoxy groups -OCH3 is 2. The lowest BCUT2D eigenvalue weighted by molar-refractivity contribution is 0.101. The van der Waals surface area contributed by atoms with Crippen molar-refractivity contribution in [3.05, 3.63) is 54.6 Å². The van der Waals surface area contributed by atoms with E-state index < -0.39 is 0 Å². The molecule has 1 aliphatic carbocycles. The van der Waals surface area contributed by atoms with Crippen LogP contribution in [0.3, 0.4) is 0 Å². The van der Waals surface area contributed by atoms with Crippen molar-refractivity contribution in [1.82, 2.24) is 25.1 Å². The number of hydrogen-bond donors (Lipinski definition) is 2. The molecule has 11 nitrogen and oxygen atoms in total. The summed E-state index contributed by atoms with van der Waals surface area (Å²) in [5.41, 5.74) is 0.933. The van der Waals surface area contributed by atoms with Gasteiger partial charge in [-0.05, 0) is 44.2 Å². The summed E-state index contributed by atoms with van der Waals surface area (Å²) in [5.74, 6) is 2.66. The van der Waals surface area contributed by atoms with Gasteiger partial charge in [0, 0.05) is 24.2 Å². The predicted octanol–water partition coefficient (Wildman–Crippen LogP) is 3.82. The number of nitrogens with zero attached hydrogens (tertiary/aromatic N) is 4. The molecular formula is C26H28N6O5. The van der Waals surface area contributed by atoms with Gasteiger partial charge in [-0.15, -0.1) is 0 Å². The normalized spacial score (nSPS) is 12.8. The Morgan fingerprint density at radius 2 is 1.86 bits per heavy atom. The molecule has 1 saturated carbocycles. The number of carbonyl (C=O) groups excluding carboxylic acids is 1. The number of benzene rings is 1. The summed E-state index contributed by atoms with van der Waals surface area (Å²) in [4.78, 5) is 21.7. The van der Waals surface area contributed by atoms with Crippen molar-refractivity contribution in [1.29, 1.82) is 0 Å². The molecule has 3 heterocycles. The fourth-order valence-corrected chi connectivity index (χ4v) is 3.78. The molecule has 1 amide bonds. The number of rotatable bonds is 11. The predicted molar refractivity (Wildman–Crippen MR) is 137 cm³/mol. The van der Waals surface area contributed by atoms with Crippen molar-refractivity contribution < 1.29 is 23.7 Å². The number of anilines is 1. The largest absolute Gasteiger partial charge is 0.493 e. The second kappa shape index (κ2) is 10.7. The monoisotopic (exact) mass is 504 g/mol. The second-order valence-corrected chi connectivity index (χ2v) is 8.47. The number of likely N-dealkylation sites (N-methyl/N-ethyl adjacent to an activating group) is 1. The van der Waals surface area contributed by atoms with Crippen LogP contribution in [0.5, 0.6) is 28.7 Å². The van der Waals surface area contributed by atoms with E-state index in [4.69, 9.17) is 18.9 Å². The van der Waals surface area contributed by atoms with Gasteiger partial charge in [-0.25, -0.2) is 4.98 Å². The lowest BCUT2D eigenvalue weighted by atomic mass is 10.2. The van der Waals surface area contributed by atoms with Crippen molar-refractivity contribution in [3.8, 4) is 28.7 Å². The van der Waals surface area contributed by atoms with Crippen molar-refractivity contribution in [2.75, 3.05) is 39.7 Å². The fraction of sp³-hybridized carbons (Fsp3) is 0.308. The highest BCUT2D eigenvalue weighted by atomic mass is 16.5. The number of fused-ring (bicyclic) bond motifs is 1. The van der Waals surface area contributed by atoms with Crippen molar-refractivity contribution in [2.24, 2.45) is 0 Å². The van der Waals surface area contributed by atoms with Crippen LogP contribution in [0.4, 0.5) is 5.82 Å². The van der Waals surface area contributed by atoms with Gasteiger partial charge in [0.2, 0.25) is 0 Å². The summed E-state index contributed by atoms with van der Waals surface area (Å²) in [6.45, 7) is 1.09. The molecular weight excluding hydrogens is 476 g/mol. The number of ether oxygens (including phenoxy) is 4. The highest BCUT2D eigenvalue weighted by molar-refractivity contribution is 6.04. The van der Waals surface area contributed by atoms with Gasteiger partial charge in [0.15, 0.2) is 22.9 Å². The Morgan fingerprint density at radius 1 is 1.05 bits per heavy atom. The zero-order valence-corrected chi connectivity index (χ0v) is 20.9. The van der Waals surface area contributed by atoms with E-state index in [1.54, 1.807) is 55.6 Å². The van der Waals surface area contributed by atoms with Gasteiger partial charge in [-0.2, -0.15) is 5.10 Å². The fourth-order valence-electron chi connectivity index (χ4n) is 3.78. The molecule has 1 fully saturated rings. The standard InChI is InChI=1S/C26H28N6O5/c1-27-10-11-36-23-15-32(16-4-5-16)31-25(23)26(33)30-24-7-6-17(14-29-24)37-20-8-9-28-19-13-22(35-3)21(34-2)12-18(19)20/h6-9,12-16,27H,4-5,10-11H2,1-3H3,(H,29,30,33). The SMILES string of the molecule is CNCCOc1cn(C2CC2)nc1C(=O)Nc1ccc(Oc2ccnc3cc(OC)c(OC)cc23)cn1. The van der Waals surface area contributed by atoms with E-state index in [2.05, 4.69) is 25.7 Å². The van der Waals surface area contributed by atoms with E-state index in [0.29, 0.717) is 59.3 Å². The number of nitrogens with one attached hydrogen (secondary N) is 2. The smallest absolute Gasteiger partial charge is 0.281 e. The topological polar surface area (TPSA) is 122 Å². The Kier molecular flexibility index (Phi) is 7.04. The van der Waals surface area contributed by atoms with Crippen LogP contribution in [-0.2, 0) is 0 Å². The number of hydrogen-bond acceptors (Lipinski definition) is 9. The molecule has 5 rings (SSSR count). The van der Waals surface area contributed by atoms with E-state index in [1.807, 2.05) is 13.1 Å². The van der Waals surface area contributed by atoms with Crippen LogP contribution in [0.2, 0.25) is 0 Å². The molecule has 1 aromatic carbocycles. The molecule has 0 bridgehead atoms. The van der Waals surface area contributed by atoms with Crippen LogP contribution in [-0.4, -0.2) is 60.1 Å². The Balaban J connectivity index is 1.31. The Hall–Kier alpha value is -4.38. The zero-order valence-electron chi connectivity index (χ0n) is 20.9. The van der Waals surface area contributed by atoms with Crippen LogP contribution < -0.4 is 29.6 Å². The second-order valence-electron chi connectivity index (χ2n) is 8.47. The van der Waals surface area contributed by atoms with Crippen LogP contribution in [0.25, 0.3) is 10.9 Å². The number of amides is 1. The lowest BCUT2D eigenvalue weighted by Crippen LogP contribution is -2.18. The maximum atomic E-state index is 13.0. The van der Waals surface area contributed by atoms with Crippen LogP contribution in [0.1, 0.15) is 29.4 Å². The highest BCUT2D eigenvalue weighted by Gasteiger charge is 2.28. The van der Waals surface area contributed by atoms with Gasteiger partial charge in [-0.1, -0.05) is 0 Å². The first-order chi connectivity index (χ1) is 18.1. The molecule has 3 aromatic heterocycles. The van der Waals surface area contributed by atoms with Gasteiger partial charge in [0.25, 0.3) is 5.91 Å². The molecule has 192 valence electrons. The minimum Gasteiger partial charge on any atom is -0.493 e. The Labute approximate surface area is 213 Å². The summed E-state index contributed by atoms with van der Waals surface area (Å²) in [7, 11) is 4.99. The Bertz CT molecular complexity index is 1400. The lowest BCUT2D eigenvalue weighted by Gasteiger charge is -2.12. The van der Waals surface area contributed by atoms with E-state index >= 15 is 0 Å². The average molecular weight is 505 g/mol. The first kappa shape index (κ1) is 24.3. The maximum absolute atomic E-state index is 13.0. The third kappa shape index (κ3) is 5.41. The summed E-state index contributed by atoms with van der Waals surface area (Å²) < 4.78 is 24.4. The molecule has 0 radical (unpaired) electrons. The molecule has 2 N–H and O–H groups in total. The summed E-state index contributed by atoms with van der Waals surface area (Å²) in [6, 6.07) is 9.08. The summed E-state index contributed by atoms with van der Waals surface area (Å²) >= 11 is 0. The molecule has 4 aromatic rings. The maximum Gasteiger partial charge on any atom is 0.281 e. The van der Waals surface area contributed by atoms with Gasteiger partial charge in [0.1, 0.15) is 23.9 Å². The number of pyridine rings is 2. The minimum atomic E-state index is -0.388. The first-order valence-corrected chi connectivity index (χ1v) is 11.9. The average Bonchev–Trinajstić information content (AvgIpc) is 3.68. The molecule has 11 heteroatoms. The molecule has 0 aliphatic heterocycles. The third-order valence-electron chi connectivity index (χ3n) is 5.86. The van der Waals surface area contributed by atoms with Crippen LogP contribution in [0, 0.1) is 0 Å². The van der Waals surface area contributed by atoms with E-state index in [0.717, 1.165) is 18.2 Å². The van der Waals surface area contributed by atoms with Crippen molar-refractivity contribution in [3.63, 3.8) is 0 Å². The molecule has 1 aliphatic rings.